The minimum Gasteiger partial charge on any atom is -0.481 e. The largest absolute Gasteiger partial charge is 0.481 e. The van der Waals surface area contributed by atoms with E-state index in [0.29, 0.717) is 5.69 Å². The van der Waals surface area contributed by atoms with Crippen LogP contribution in [0.2, 0.25) is 10.3 Å². The summed E-state index contributed by atoms with van der Waals surface area (Å²) < 4.78 is 0. The summed E-state index contributed by atoms with van der Waals surface area (Å²) >= 11 is 11.4. The zero-order chi connectivity index (χ0) is 12.3. The van der Waals surface area contributed by atoms with Crippen LogP contribution in [0.4, 0.5) is 5.69 Å². The smallest absolute Gasteiger partial charge is 0.308 e. The highest BCUT2D eigenvalue weighted by Crippen LogP contribution is 2.22. The van der Waals surface area contributed by atoms with Crippen molar-refractivity contribution in [1.29, 1.82) is 0 Å². The van der Waals surface area contributed by atoms with E-state index in [1.54, 1.807) is 13.8 Å². The molecule has 5 nitrogen and oxygen atoms in total. The van der Waals surface area contributed by atoms with Crippen LogP contribution in [0.5, 0.6) is 0 Å². The van der Waals surface area contributed by atoms with Gasteiger partial charge < -0.3 is 10.4 Å². The fourth-order valence-corrected chi connectivity index (χ4v) is 1.33. The Morgan fingerprint density at radius 1 is 1.44 bits per heavy atom. The van der Waals surface area contributed by atoms with E-state index in [2.05, 4.69) is 15.5 Å². The molecule has 7 heteroatoms. The van der Waals surface area contributed by atoms with E-state index in [1.807, 2.05) is 0 Å². The molecule has 0 aliphatic rings. The van der Waals surface area contributed by atoms with Crippen molar-refractivity contribution >= 4 is 34.9 Å². The molecule has 0 aliphatic heterocycles. The lowest BCUT2D eigenvalue weighted by Gasteiger charge is -2.19. The highest BCUT2D eigenvalue weighted by atomic mass is 35.5. The number of hydrogen-bond acceptors (Lipinski definition) is 4. The van der Waals surface area contributed by atoms with Gasteiger partial charge in [-0.25, -0.2) is 0 Å². The number of hydrogen-bond donors (Lipinski definition) is 2. The molecule has 0 amide bonds. The van der Waals surface area contributed by atoms with Crippen LogP contribution >= 0.6 is 23.2 Å². The first kappa shape index (κ1) is 13.0. The highest BCUT2D eigenvalue weighted by Gasteiger charge is 2.20. The predicted octanol–water partition coefficient (Wildman–Crippen LogP) is 2.30. The SMILES string of the molecule is CC(Nc1cc(Cl)nnc1Cl)C(C)C(=O)O. The average Bonchev–Trinajstić information content (AvgIpc) is 2.22. The second-order valence-electron chi connectivity index (χ2n) is 3.43. The number of carboxylic acid groups (broad SMARTS) is 1. The Morgan fingerprint density at radius 2 is 2.06 bits per heavy atom. The third kappa shape index (κ3) is 3.21. The number of carboxylic acids is 1. The lowest BCUT2D eigenvalue weighted by atomic mass is 10.0. The van der Waals surface area contributed by atoms with Crippen LogP contribution in [-0.4, -0.2) is 27.3 Å². The van der Waals surface area contributed by atoms with Crippen LogP contribution in [0.15, 0.2) is 6.07 Å². The van der Waals surface area contributed by atoms with Crippen molar-refractivity contribution in [3.63, 3.8) is 0 Å². The van der Waals surface area contributed by atoms with Gasteiger partial charge in [0, 0.05) is 12.1 Å². The summed E-state index contributed by atoms with van der Waals surface area (Å²) in [5.74, 6) is -1.44. The molecule has 0 bridgehead atoms. The average molecular weight is 264 g/mol. The van der Waals surface area contributed by atoms with E-state index in [1.165, 1.54) is 6.07 Å². The topological polar surface area (TPSA) is 75.1 Å². The fourth-order valence-electron chi connectivity index (χ4n) is 1.04. The van der Waals surface area contributed by atoms with Crippen molar-refractivity contribution in [1.82, 2.24) is 10.2 Å². The predicted molar refractivity (Wildman–Crippen MR) is 61.9 cm³/mol. The summed E-state index contributed by atoms with van der Waals surface area (Å²) in [7, 11) is 0. The van der Waals surface area contributed by atoms with Gasteiger partial charge in [-0.15, -0.1) is 10.2 Å². The van der Waals surface area contributed by atoms with Gasteiger partial charge in [0.05, 0.1) is 11.6 Å². The molecule has 1 heterocycles. The van der Waals surface area contributed by atoms with Crippen molar-refractivity contribution in [3.8, 4) is 0 Å². The van der Waals surface area contributed by atoms with Gasteiger partial charge in [0.2, 0.25) is 0 Å². The Balaban J connectivity index is 2.80. The maximum atomic E-state index is 10.8. The van der Waals surface area contributed by atoms with Gasteiger partial charge in [-0.1, -0.05) is 23.2 Å². The Kier molecular flexibility index (Phi) is 4.32. The number of anilines is 1. The Bertz CT molecular complexity index is 400. The Morgan fingerprint density at radius 3 is 2.62 bits per heavy atom. The molecule has 0 saturated carbocycles. The summed E-state index contributed by atoms with van der Waals surface area (Å²) in [5.41, 5.74) is 0.474. The molecular formula is C9H11Cl2N3O2. The van der Waals surface area contributed by atoms with Crippen LogP contribution < -0.4 is 5.32 Å². The lowest BCUT2D eigenvalue weighted by molar-refractivity contribution is -0.141. The maximum absolute atomic E-state index is 10.8. The number of rotatable bonds is 4. The third-order valence-electron chi connectivity index (χ3n) is 2.24. The van der Waals surface area contributed by atoms with Crippen LogP contribution in [0.25, 0.3) is 0 Å². The summed E-state index contributed by atoms with van der Waals surface area (Å²) in [6.07, 6.45) is 0. The molecule has 0 aliphatic carbocycles. The molecule has 0 fully saturated rings. The van der Waals surface area contributed by atoms with Crippen LogP contribution in [0.1, 0.15) is 13.8 Å². The van der Waals surface area contributed by atoms with E-state index >= 15 is 0 Å². The fraction of sp³-hybridized carbons (Fsp3) is 0.444. The van der Waals surface area contributed by atoms with Crippen molar-refractivity contribution in [3.05, 3.63) is 16.4 Å². The number of aliphatic carboxylic acids is 1. The van der Waals surface area contributed by atoms with E-state index in [0.717, 1.165) is 0 Å². The van der Waals surface area contributed by atoms with E-state index in [4.69, 9.17) is 28.3 Å². The second-order valence-corrected chi connectivity index (χ2v) is 4.18. The monoisotopic (exact) mass is 263 g/mol. The molecule has 0 aromatic carbocycles. The zero-order valence-corrected chi connectivity index (χ0v) is 10.2. The van der Waals surface area contributed by atoms with E-state index in [-0.39, 0.29) is 16.3 Å². The van der Waals surface area contributed by atoms with Crippen LogP contribution in [-0.2, 0) is 4.79 Å². The van der Waals surface area contributed by atoms with E-state index in [9.17, 15) is 4.79 Å². The molecular weight excluding hydrogens is 253 g/mol. The maximum Gasteiger partial charge on any atom is 0.308 e. The van der Waals surface area contributed by atoms with Crippen molar-refractivity contribution in [2.24, 2.45) is 5.92 Å². The molecule has 1 rings (SSSR count). The number of nitrogens with one attached hydrogen (secondary N) is 1. The van der Waals surface area contributed by atoms with Crippen LogP contribution in [0.3, 0.4) is 0 Å². The molecule has 2 atom stereocenters. The quantitative estimate of drug-likeness (QED) is 0.872. The standard InChI is InChI=1S/C9H11Cl2N3O2/c1-4(9(15)16)5(2)12-6-3-7(10)13-14-8(6)11/h3-5H,1-2H3,(H,12,13)(H,15,16). The van der Waals surface area contributed by atoms with Gasteiger partial charge in [0.1, 0.15) is 0 Å². The molecule has 1 aromatic heterocycles. The minimum atomic E-state index is -0.885. The number of carbonyl (C=O) groups is 1. The number of aromatic nitrogens is 2. The third-order valence-corrected chi connectivity index (χ3v) is 2.71. The normalized spacial score (nSPS) is 14.2. The molecule has 2 N–H and O–H groups in total. The lowest BCUT2D eigenvalue weighted by Crippen LogP contribution is -2.29. The second kappa shape index (κ2) is 5.32. The first-order valence-corrected chi connectivity index (χ1v) is 5.35. The number of nitrogens with zero attached hydrogens (tertiary/aromatic N) is 2. The van der Waals surface area contributed by atoms with Crippen molar-refractivity contribution in [2.45, 2.75) is 19.9 Å². The van der Waals surface area contributed by atoms with Gasteiger partial charge in [-0.2, -0.15) is 0 Å². The van der Waals surface area contributed by atoms with Gasteiger partial charge >= 0.3 is 5.97 Å². The highest BCUT2D eigenvalue weighted by molar-refractivity contribution is 6.33. The molecule has 2 unspecified atom stereocenters. The molecule has 0 radical (unpaired) electrons. The van der Waals surface area contributed by atoms with E-state index < -0.39 is 11.9 Å². The van der Waals surface area contributed by atoms with Gasteiger partial charge in [-0.05, 0) is 13.8 Å². The van der Waals surface area contributed by atoms with Gasteiger partial charge in [-0.3, -0.25) is 4.79 Å². The molecule has 0 spiro atoms. The van der Waals surface area contributed by atoms with Gasteiger partial charge in [0.25, 0.3) is 0 Å². The molecule has 88 valence electrons. The first-order chi connectivity index (χ1) is 7.41. The van der Waals surface area contributed by atoms with Crippen molar-refractivity contribution < 1.29 is 9.90 Å². The minimum absolute atomic E-state index is 0.161. The van der Waals surface area contributed by atoms with Gasteiger partial charge in [0.15, 0.2) is 10.3 Å². The zero-order valence-electron chi connectivity index (χ0n) is 8.74. The summed E-state index contributed by atoms with van der Waals surface area (Å²) in [6.45, 7) is 3.34. The molecule has 1 aromatic rings. The summed E-state index contributed by atoms with van der Waals surface area (Å²) in [5, 5.41) is 19.3. The van der Waals surface area contributed by atoms with Crippen molar-refractivity contribution in [2.75, 3.05) is 5.32 Å². The van der Waals surface area contributed by atoms with Crippen LogP contribution in [0, 0.1) is 5.92 Å². The number of halogens is 2. The Hall–Kier alpha value is -1.07. The first-order valence-electron chi connectivity index (χ1n) is 4.60. The summed E-state index contributed by atoms with van der Waals surface area (Å²) in [6, 6.07) is 1.21. The Labute approximate surface area is 103 Å². The molecule has 16 heavy (non-hydrogen) atoms. The summed E-state index contributed by atoms with van der Waals surface area (Å²) in [4.78, 5) is 10.8. The molecule has 0 saturated heterocycles.